The second-order valence-corrected chi connectivity index (χ2v) is 7.68. The van der Waals surface area contributed by atoms with Crippen molar-refractivity contribution in [3.05, 3.63) is 29.3 Å². The van der Waals surface area contributed by atoms with Gasteiger partial charge in [-0.3, -0.25) is 9.80 Å². The number of rotatable bonds is 8. The van der Waals surface area contributed by atoms with Crippen molar-refractivity contribution >= 4 is 6.16 Å². The van der Waals surface area contributed by atoms with E-state index in [0.717, 1.165) is 43.9 Å². The van der Waals surface area contributed by atoms with Gasteiger partial charge in [-0.05, 0) is 23.0 Å². The molecule has 0 unspecified atom stereocenters. The number of para-hydroxylation sites is 1. The molecule has 1 fully saturated rings. The summed E-state index contributed by atoms with van der Waals surface area (Å²) in [4.78, 5) is 16.7. The first-order chi connectivity index (χ1) is 12.9. The molecule has 0 saturated carbocycles. The van der Waals surface area contributed by atoms with Crippen LogP contribution in [0.3, 0.4) is 0 Å². The molecule has 1 aromatic rings. The molecule has 1 aliphatic heterocycles. The van der Waals surface area contributed by atoms with Gasteiger partial charge in [-0.2, -0.15) is 0 Å². The first-order valence-electron chi connectivity index (χ1n) is 9.95. The van der Waals surface area contributed by atoms with Gasteiger partial charge >= 0.3 is 6.16 Å². The lowest BCUT2D eigenvalue weighted by Gasteiger charge is -2.34. The summed E-state index contributed by atoms with van der Waals surface area (Å²) in [6, 6.07) is 6.02. The second kappa shape index (κ2) is 10.6. The average Bonchev–Trinajstić information content (AvgIpc) is 2.63. The third-order valence-electron chi connectivity index (χ3n) is 5.01. The van der Waals surface area contributed by atoms with Gasteiger partial charge in [0.05, 0.1) is 6.61 Å². The van der Waals surface area contributed by atoms with E-state index in [-0.39, 0.29) is 18.4 Å². The minimum absolute atomic E-state index is 0.200. The molecule has 0 radical (unpaired) electrons. The summed E-state index contributed by atoms with van der Waals surface area (Å²) in [6.45, 7) is 14.0. The molecule has 0 spiro atoms. The molecule has 1 aliphatic rings. The maximum absolute atomic E-state index is 12.2. The van der Waals surface area contributed by atoms with E-state index >= 15 is 0 Å². The number of ether oxygens (including phenoxy) is 2. The summed E-state index contributed by atoms with van der Waals surface area (Å²) < 4.78 is 11.0. The van der Waals surface area contributed by atoms with Gasteiger partial charge in [0.1, 0.15) is 12.4 Å². The van der Waals surface area contributed by atoms with E-state index in [1.54, 1.807) is 0 Å². The summed E-state index contributed by atoms with van der Waals surface area (Å²) in [5.74, 6) is 1.17. The maximum atomic E-state index is 12.2. The molecule has 0 amide bonds. The average molecular weight is 379 g/mol. The van der Waals surface area contributed by atoms with Crippen LogP contribution in [0, 0.1) is 0 Å². The van der Waals surface area contributed by atoms with E-state index in [4.69, 9.17) is 14.6 Å². The normalized spacial score (nSPS) is 16.1. The van der Waals surface area contributed by atoms with E-state index in [1.807, 2.05) is 18.2 Å². The first-order valence-corrected chi connectivity index (χ1v) is 9.95. The predicted molar refractivity (Wildman–Crippen MR) is 107 cm³/mol. The van der Waals surface area contributed by atoms with Gasteiger partial charge in [0.2, 0.25) is 0 Å². The van der Waals surface area contributed by atoms with Gasteiger partial charge in [-0.15, -0.1) is 0 Å². The molecule has 1 saturated heterocycles. The molecule has 2 rings (SSSR count). The van der Waals surface area contributed by atoms with Gasteiger partial charge in [-0.25, -0.2) is 4.79 Å². The molecule has 1 heterocycles. The monoisotopic (exact) mass is 378 g/mol. The number of carbonyl (C=O) groups excluding carboxylic acids is 1. The molecule has 0 bridgehead atoms. The Labute approximate surface area is 163 Å². The number of aliphatic hydroxyl groups excluding tert-OH is 1. The van der Waals surface area contributed by atoms with Crippen molar-refractivity contribution in [3.8, 4) is 5.75 Å². The van der Waals surface area contributed by atoms with E-state index in [9.17, 15) is 4.79 Å². The first kappa shape index (κ1) is 21.7. The van der Waals surface area contributed by atoms with Crippen LogP contribution < -0.4 is 4.74 Å². The van der Waals surface area contributed by atoms with E-state index in [0.29, 0.717) is 18.9 Å². The van der Waals surface area contributed by atoms with Crippen molar-refractivity contribution in [2.75, 3.05) is 52.5 Å². The van der Waals surface area contributed by atoms with Crippen molar-refractivity contribution in [3.63, 3.8) is 0 Å². The van der Waals surface area contributed by atoms with Crippen LogP contribution in [0.2, 0.25) is 0 Å². The van der Waals surface area contributed by atoms with Crippen molar-refractivity contribution in [1.82, 2.24) is 9.80 Å². The van der Waals surface area contributed by atoms with Crippen molar-refractivity contribution in [2.24, 2.45) is 0 Å². The number of hydrogen-bond acceptors (Lipinski definition) is 6. The number of benzene rings is 1. The van der Waals surface area contributed by atoms with Crippen LogP contribution in [0.1, 0.15) is 50.7 Å². The molecule has 152 valence electrons. The minimum Gasteiger partial charge on any atom is -0.433 e. The van der Waals surface area contributed by atoms with E-state index in [1.165, 1.54) is 0 Å². The largest absolute Gasteiger partial charge is 0.513 e. The molecule has 0 aliphatic carbocycles. The Morgan fingerprint density at radius 2 is 1.52 bits per heavy atom. The molecule has 6 nitrogen and oxygen atoms in total. The highest BCUT2D eigenvalue weighted by molar-refractivity contribution is 5.66. The predicted octanol–water partition coefficient (Wildman–Crippen LogP) is 3.06. The third kappa shape index (κ3) is 6.48. The van der Waals surface area contributed by atoms with Gasteiger partial charge in [0.15, 0.2) is 0 Å². The zero-order chi connectivity index (χ0) is 19.8. The Morgan fingerprint density at radius 3 is 2.00 bits per heavy atom. The van der Waals surface area contributed by atoms with Crippen molar-refractivity contribution < 1.29 is 19.4 Å². The molecule has 27 heavy (non-hydrogen) atoms. The fourth-order valence-corrected chi connectivity index (χ4v) is 3.35. The van der Waals surface area contributed by atoms with Crippen LogP contribution >= 0.6 is 0 Å². The number of nitrogens with zero attached hydrogens (tertiary/aromatic N) is 2. The number of piperazine rings is 1. The lowest BCUT2D eigenvalue weighted by molar-refractivity contribution is 0.0682. The second-order valence-electron chi connectivity index (χ2n) is 7.68. The van der Waals surface area contributed by atoms with Gasteiger partial charge in [0.25, 0.3) is 0 Å². The summed E-state index contributed by atoms with van der Waals surface area (Å²) in [5, 5.41) is 8.99. The van der Waals surface area contributed by atoms with Gasteiger partial charge in [-0.1, -0.05) is 45.9 Å². The number of hydrogen-bond donors (Lipinski definition) is 1. The zero-order valence-corrected chi connectivity index (χ0v) is 17.1. The Bertz CT molecular complexity index is 570. The topological polar surface area (TPSA) is 62.2 Å². The molecular formula is C21H34N2O4. The van der Waals surface area contributed by atoms with Gasteiger partial charge < -0.3 is 14.6 Å². The third-order valence-corrected chi connectivity index (χ3v) is 5.01. The zero-order valence-electron chi connectivity index (χ0n) is 17.1. The molecule has 1 aromatic carbocycles. The van der Waals surface area contributed by atoms with Crippen LogP contribution in [0.15, 0.2) is 18.2 Å². The van der Waals surface area contributed by atoms with Crippen LogP contribution in [0.25, 0.3) is 0 Å². The lowest BCUT2D eigenvalue weighted by atomic mass is 9.94. The lowest BCUT2D eigenvalue weighted by Crippen LogP contribution is -2.48. The fourth-order valence-electron chi connectivity index (χ4n) is 3.35. The summed E-state index contributed by atoms with van der Waals surface area (Å²) in [7, 11) is 0. The number of β-amino-alcohol motifs (C(OH)–C–C–N with tert-alkyl or cyclic N) is 1. The molecule has 1 N–H and O–H groups in total. The molecule has 0 atom stereocenters. The number of aliphatic hydroxyl groups is 1. The minimum atomic E-state index is -0.635. The summed E-state index contributed by atoms with van der Waals surface area (Å²) >= 11 is 0. The quantitative estimate of drug-likeness (QED) is 0.554. The van der Waals surface area contributed by atoms with Crippen LogP contribution in [-0.2, 0) is 4.74 Å². The molecule has 6 heteroatoms. The Hall–Kier alpha value is -1.63. The van der Waals surface area contributed by atoms with Crippen LogP contribution in [0.4, 0.5) is 4.79 Å². The van der Waals surface area contributed by atoms with Gasteiger partial charge in [0, 0.05) is 39.3 Å². The highest BCUT2D eigenvalue weighted by Gasteiger charge is 2.20. The van der Waals surface area contributed by atoms with E-state index in [2.05, 4.69) is 37.5 Å². The fraction of sp³-hybridized carbons (Fsp3) is 0.667. The Balaban J connectivity index is 1.84. The van der Waals surface area contributed by atoms with Crippen molar-refractivity contribution in [1.29, 1.82) is 0 Å². The highest BCUT2D eigenvalue weighted by atomic mass is 16.7. The maximum Gasteiger partial charge on any atom is 0.513 e. The number of carbonyl (C=O) groups is 1. The Kier molecular flexibility index (Phi) is 8.54. The smallest absolute Gasteiger partial charge is 0.433 e. The SMILES string of the molecule is CC(C)c1cccc(C(C)C)c1OC(=O)OCCN1CCN(CCO)CC1. The van der Waals surface area contributed by atoms with Crippen LogP contribution in [0.5, 0.6) is 5.75 Å². The van der Waals surface area contributed by atoms with E-state index < -0.39 is 6.16 Å². The molecule has 0 aromatic heterocycles. The summed E-state index contributed by atoms with van der Waals surface area (Å²) in [5.41, 5.74) is 2.05. The summed E-state index contributed by atoms with van der Waals surface area (Å²) in [6.07, 6.45) is -0.635. The molecular weight excluding hydrogens is 344 g/mol. The van der Waals surface area contributed by atoms with Crippen LogP contribution in [-0.4, -0.2) is 73.5 Å². The Morgan fingerprint density at radius 1 is 1.00 bits per heavy atom. The standard InChI is InChI=1S/C21H34N2O4/c1-16(2)18-6-5-7-19(17(3)4)20(18)27-21(25)26-15-13-23-10-8-22(9-11-23)12-14-24/h5-7,16-17,24H,8-15H2,1-4H3. The van der Waals surface area contributed by atoms with Crippen molar-refractivity contribution in [2.45, 2.75) is 39.5 Å². The highest BCUT2D eigenvalue weighted by Crippen LogP contribution is 2.34.